The van der Waals surface area contributed by atoms with Gasteiger partial charge in [0, 0.05) is 74.3 Å². The van der Waals surface area contributed by atoms with Crippen LogP contribution in [0.25, 0.3) is 22.3 Å². The maximum atomic E-state index is 14.8. The quantitative estimate of drug-likeness (QED) is 0.0841. The van der Waals surface area contributed by atoms with Crippen molar-refractivity contribution in [3.63, 3.8) is 0 Å². The summed E-state index contributed by atoms with van der Waals surface area (Å²) >= 11 is 6.81. The van der Waals surface area contributed by atoms with E-state index in [0.717, 1.165) is 30.4 Å². The highest BCUT2D eigenvalue weighted by molar-refractivity contribution is 6.34. The number of hydrogen-bond acceptors (Lipinski definition) is 11. The number of nitriles is 1. The third kappa shape index (κ3) is 11.9. The number of fused-ring (bicyclic) bond motifs is 6. The fraction of sp³-hybridized carbons (Fsp3) is 0.412. The summed E-state index contributed by atoms with van der Waals surface area (Å²) in [5, 5.41) is 12.3. The Balaban J connectivity index is 1.37. The number of ketones is 3. The van der Waals surface area contributed by atoms with Crippen molar-refractivity contribution in [1.82, 2.24) is 10.2 Å². The smallest absolute Gasteiger partial charge is 0.226 e. The molecule has 65 heavy (non-hydrogen) atoms. The lowest BCUT2D eigenvalue weighted by atomic mass is 9.88. The van der Waals surface area contributed by atoms with E-state index < -0.39 is 41.5 Å². The Labute approximate surface area is 386 Å². The molecule has 0 unspecified atom stereocenters. The lowest BCUT2D eigenvalue weighted by Crippen LogP contribution is -2.46. The first-order valence-corrected chi connectivity index (χ1v) is 22.8. The largest absolute Gasteiger partial charge is 0.492 e. The zero-order valence-corrected chi connectivity index (χ0v) is 38.0. The Morgan fingerprint density at radius 2 is 1.51 bits per heavy atom. The number of carbonyl (C=O) groups excluding carboxylic acids is 5. The molecule has 1 aliphatic heterocycles. The second-order valence-corrected chi connectivity index (χ2v) is 17.4. The van der Waals surface area contributed by atoms with E-state index in [0.29, 0.717) is 33.8 Å². The van der Waals surface area contributed by atoms with Crippen LogP contribution >= 0.6 is 11.6 Å². The van der Waals surface area contributed by atoms with Gasteiger partial charge >= 0.3 is 0 Å². The molecule has 0 fully saturated rings. The summed E-state index contributed by atoms with van der Waals surface area (Å²) in [6.45, 7) is 2.46. The average molecular weight is 904 g/mol. The van der Waals surface area contributed by atoms with Gasteiger partial charge in [-0.3, -0.25) is 24.0 Å². The van der Waals surface area contributed by atoms with Gasteiger partial charge in [0.1, 0.15) is 30.8 Å². The molecule has 14 heteroatoms. The van der Waals surface area contributed by atoms with Gasteiger partial charge in [-0.05, 0) is 115 Å². The van der Waals surface area contributed by atoms with E-state index in [1.165, 1.54) is 29.5 Å². The van der Waals surface area contributed by atoms with Crippen molar-refractivity contribution in [3.8, 4) is 39.8 Å². The zero-order valence-electron chi connectivity index (χ0n) is 37.2. The van der Waals surface area contributed by atoms with Crippen LogP contribution in [0.1, 0.15) is 90.5 Å². The lowest BCUT2D eigenvalue weighted by Gasteiger charge is -2.32. The van der Waals surface area contributed by atoms with E-state index in [9.17, 15) is 29.2 Å². The minimum atomic E-state index is -1.23. The summed E-state index contributed by atoms with van der Waals surface area (Å²) in [5.41, 5.74) is 24.8. The van der Waals surface area contributed by atoms with Crippen molar-refractivity contribution in [2.45, 2.75) is 83.2 Å². The van der Waals surface area contributed by atoms with Crippen molar-refractivity contribution in [2.24, 2.45) is 29.0 Å². The number of aryl methyl sites for hydroxylation is 2. The molecular formula is C51H59ClN6O7. The zero-order chi connectivity index (χ0) is 46.6. The fourth-order valence-electron chi connectivity index (χ4n) is 8.81. The maximum Gasteiger partial charge on any atom is 0.226 e. The van der Waals surface area contributed by atoms with Crippen molar-refractivity contribution in [2.75, 3.05) is 39.9 Å². The molecular weight excluding hydrogens is 844 g/mol. The average Bonchev–Trinajstić information content (AvgIpc) is 3.31. The number of ether oxygens (including phenoxy) is 2. The number of amides is 2. The number of halogens is 1. The van der Waals surface area contributed by atoms with Crippen LogP contribution in [0.15, 0.2) is 72.8 Å². The normalized spacial score (nSPS) is 17.7. The van der Waals surface area contributed by atoms with E-state index in [1.807, 2.05) is 18.2 Å². The molecule has 2 amide bonds. The maximum absolute atomic E-state index is 14.8. The molecule has 4 aromatic rings. The second kappa shape index (κ2) is 22.8. The first-order chi connectivity index (χ1) is 31.4. The van der Waals surface area contributed by atoms with Gasteiger partial charge in [-0.1, -0.05) is 54.9 Å². The highest BCUT2D eigenvalue weighted by Crippen LogP contribution is 2.41. The Kier molecular flexibility index (Phi) is 17.0. The molecule has 0 aromatic heterocycles. The SMILES string of the molecule is C[C@@H]1CC(=O)[C@@H](N(C)C(=O)[C@H](CCN)CC(=O)c2ccc(-c3ccc4c(c3)CCCC4)cc2Cl)c2ccc(OCCN)c(c2)-c2cc(ccc2OCCN)C[C@@H](C(=O)CCC#N)NC1=O. The van der Waals surface area contributed by atoms with Crippen molar-refractivity contribution < 1.29 is 33.4 Å². The molecule has 4 bridgehead atoms. The number of rotatable bonds is 17. The first-order valence-electron chi connectivity index (χ1n) is 22.4. The number of nitrogens with one attached hydrogen (secondary N) is 1. The molecule has 7 N–H and O–H groups in total. The molecule has 0 radical (unpaired) electrons. The van der Waals surface area contributed by atoms with E-state index in [4.69, 9.17) is 38.3 Å². The summed E-state index contributed by atoms with van der Waals surface area (Å²) in [7, 11) is 1.51. The number of benzene rings is 4. The molecule has 4 aromatic carbocycles. The number of nitrogens with zero attached hydrogens (tertiary/aromatic N) is 2. The lowest BCUT2D eigenvalue weighted by molar-refractivity contribution is -0.142. The third-order valence-corrected chi connectivity index (χ3v) is 12.6. The molecule has 0 saturated carbocycles. The van der Waals surface area contributed by atoms with Crippen LogP contribution in [-0.2, 0) is 38.4 Å². The summed E-state index contributed by atoms with van der Waals surface area (Å²) in [6, 6.07) is 22.0. The minimum Gasteiger partial charge on any atom is -0.492 e. The van der Waals surface area contributed by atoms with Gasteiger partial charge in [-0.2, -0.15) is 5.26 Å². The molecule has 4 atom stereocenters. The molecule has 6 rings (SSSR count). The summed E-state index contributed by atoms with van der Waals surface area (Å²) < 4.78 is 12.3. The van der Waals surface area contributed by atoms with Crippen LogP contribution < -0.4 is 32.0 Å². The van der Waals surface area contributed by atoms with Gasteiger partial charge in [0.25, 0.3) is 0 Å². The predicted molar refractivity (Wildman–Crippen MR) is 250 cm³/mol. The highest BCUT2D eigenvalue weighted by atomic mass is 35.5. The van der Waals surface area contributed by atoms with Crippen molar-refractivity contribution in [3.05, 3.63) is 106 Å². The number of carbonyl (C=O) groups is 5. The third-order valence-electron chi connectivity index (χ3n) is 12.3. The van der Waals surface area contributed by atoms with Gasteiger partial charge in [0.2, 0.25) is 11.8 Å². The summed E-state index contributed by atoms with van der Waals surface area (Å²) in [6.07, 6.45) is 4.07. The molecule has 2 aliphatic rings. The van der Waals surface area contributed by atoms with E-state index >= 15 is 0 Å². The summed E-state index contributed by atoms with van der Waals surface area (Å²) in [5.74, 6) is -3.14. The van der Waals surface area contributed by atoms with Crippen LogP contribution in [0.2, 0.25) is 5.02 Å². The van der Waals surface area contributed by atoms with Crippen molar-refractivity contribution >= 4 is 40.8 Å². The van der Waals surface area contributed by atoms with Gasteiger partial charge in [-0.25, -0.2) is 0 Å². The van der Waals surface area contributed by atoms with E-state index in [-0.39, 0.29) is 93.5 Å². The Bertz CT molecular complexity index is 2450. The van der Waals surface area contributed by atoms with Gasteiger partial charge < -0.3 is 36.9 Å². The Morgan fingerprint density at radius 3 is 2.18 bits per heavy atom. The first kappa shape index (κ1) is 48.5. The van der Waals surface area contributed by atoms with E-state index in [1.54, 1.807) is 49.4 Å². The Hall–Kier alpha value is -5.91. The van der Waals surface area contributed by atoms with Crippen LogP contribution in [0, 0.1) is 23.2 Å². The standard InChI is InChI=1S/C51H59ClN6O7/c1-31-24-46(61)49(58(2)51(63)38(17-19-54)30-45(60)39-14-12-36(29-42(39)52)35-11-10-33-6-3-4-7-34(33)27-35)37-13-16-48(65-23-21-56)41(28-37)40-25-32(9-15-47(40)64-22-20-55)26-43(57-50(31)62)44(59)8-5-18-53/h9-16,25,27-29,31,38,43,49H,3-8,17,19-24,26,30,54-56H2,1-2H3,(H,57,62)/t31-,38-,43+,49+/m1/s1. The molecule has 0 saturated heterocycles. The fourth-order valence-corrected chi connectivity index (χ4v) is 9.09. The molecule has 1 heterocycles. The molecule has 0 spiro atoms. The summed E-state index contributed by atoms with van der Waals surface area (Å²) in [4.78, 5) is 72.1. The molecule has 1 aliphatic carbocycles. The molecule has 342 valence electrons. The number of likely N-dealkylation sites (N-methyl/N-ethyl adjacent to an activating group) is 1. The highest BCUT2D eigenvalue weighted by Gasteiger charge is 2.36. The van der Waals surface area contributed by atoms with Gasteiger partial charge in [0.05, 0.1) is 17.1 Å². The second-order valence-electron chi connectivity index (χ2n) is 17.0. The van der Waals surface area contributed by atoms with Gasteiger partial charge in [-0.15, -0.1) is 0 Å². The minimum absolute atomic E-state index is 0.0291. The predicted octanol–water partition coefficient (Wildman–Crippen LogP) is 6.47. The van der Waals surface area contributed by atoms with Crippen molar-refractivity contribution in [1.29, 1.82) is 5.26 Å². The monoisotopic (exact) mass is 902 g/mol. The van der Waals surface area contributed by atoms with Crippen LogP contribution in [0.5, 0.6) is 11.5 Å². The van der Waals surface area contributed by atoms with Crippen LogP contribution in [0.4, 0.5) is 0 Å². The van der Waals surface area contributed by atoms with E-state index in [2.05, 4.69) is 23.5 Å². The van der Waals surface area contributed by atoms with Crippen LogP contribution in [-0.4, -0.2) is 80.0 Å². The van der Waals surface area contributed by atoms with Crippen LogP contribution in [0.3, 0.4) is 0 Å². The van der Waals surface area contributed by atoms with Gasteiger partial charge in [0.15, 0.2) is 17.3 Å². The number of nitrogens with two attached hydrogens (primary N) is 3. The molecule has 13 nitrogen and oxygen atoms in total. The number of Topliss-reactive ketones (excluding diaryl/α,β-unsaturated/α-hetero) is 3. The number of hydrogen-bond donors (Lipinski definition) is 4. The Morgan fingerprint density at radius 1 is 0.846 bits per heavy atom. The topological polar surface area (TPSA) is 221 Å².